The van der Waals surface area contributed by atoms with Crippen LogP contribution in [-0.2, 0) is 11.2 Å². The molecule has 2 aromatic rings. The number of benzene rings is 2. The molecule has 0 saturated heterocycles. The maximum atomic E-state index is 13.3. The van der Waals surface area contributed by atoms with E-state index in [0.717, 1.165) is 11.6 Å². The van der Waals surface area contributed by atoms with Gasteiger partial charge in [-0.25, -0.2) is 9.18 Å². The highest BCUT2D eigenvalue weighted by Gasteiger charge is 2.06. The van der Waals surface area contributed by atoms with E-state index in [2.05, 4.69) is 0 Å². The van der Waals surface area contributed by atoms with Crippen LogP contribution in [0.1, 0.15) is 17.5 Å². The zero-order chi connectivity index (χ0) is 15.2. The van der Waals surface area contributed by atoms with Gasteiger partial charge in [0.2, 0.25) is 0 Å². The summed E-state index contributed by atoms with van der Waals surface area (Å²) in [5.74, 6) is -1.42. The fraction of sp³-hybridized carbons (Fsp3) is 0.118. The highest BCUT2D eigenvalue weighted by molar-refractivity contribution is 6.30. The van der Waals surface area contributed by atoms with E-state index in [-0.39, 0.29) is 5.82 Å². The first-order valence-corrected chi connectivity index (χ1v) is 6.86. The monoisotopic (exact) mass is 304 g/mol. The van der Waals surface area contributed by atoms with Crippen molar-refractivity contribution in [2.24, 2.45) is 0 Å². The molecule has 2 rings (SSSR count). The van der Waals surface area contributed by atoms with Gasteiger partial charge in [-0.1, -0.05) is 35.9 Å². The minimum Gasteiger partial charge on any atom is -0.478 e. The fourth-order valence-electron chi connectivity index (χ4n) is 2.07. The number of hydrogen-bond donors (Lipinski definition) is 1. The second kappa shape index (κ2) is 7.04. The molecule has 0 amide bonds. The van der Waals surface area contributed by atoms with E-state index in [0.29, 0.717) is 29.0 Å². The van der Waals surface area contributed by atoms with Gasteiger partial charge < -0.3 is 5.11 Å². The highest BCUT2D eigenvalue weighted by atomic mass is 35.5. The Bertz CT molecular complexity index is 663. The Morgan fingerprint density at radius 3 is 2.52 bits per heavy atom. The summed E-state index contributed by atoms with van der Waals surface area (Å²) in [6, 6.07) is 13.3. The van der Waals surface area contributed by atoms with Gasteiger partial charge in [0.05, 0.1) is 0 Å². The molecule has 1 N–H and O–H groups in total. The Kier molecular flexibility index (Phi) is 5.12. The number of allylic oxidation sites excluding steroid dienone is 1. The van der Waals surface area contributed by atoms with Crippen LogP contribution in [0.4, 0.5) is 4.39 Å². The van der Waals surface area contributed by atoms with Crippen LogP contribution >= 0.6 is 11.6 Å². The summed E-state index contributed by atoms with van der Waals surface area (Å²) in [4.78, 5) is 10.9. The number of carboxylic acid groups (broad SMARTS) is 1. The lowest BCUT2D eigenvalue weighted by Crippen LogP contribution is -1.96. The second-order valence-electron chi connectivity index (χ2n) is 4.64. The largest absolute Gasteiger partial charge is 0.478 e. The summed E-state index contributed by atoms with van der Waals surface area (Å²) in [6.07, 6.45) is 2.30. The van der Waals surface area contributed by atoms with Gasteiger partial charge in [-0.15, -0.1) is 0 Å². The molecule has 0 aliphatic rings. The van der Waals surface area contributed by atoms with Gasteiger partial charge >= 0.3 is 5.97 Å². The molecule has 0 aromatic heterocycles. The van der Waals surface area contributed by atoms with Gasteiger partial charge in [0.25, 0.3) is 0 Å². The third-order valence-corrected chi connectivity index (χ3v) is 3.34. The lowest BCUT2D eigenvalue weighted by Gasteiger charge is -2.08. The summed E-state index contributed by atoms with van der Waals surface area (Å²) in [7, 11) is 0. The Labute approximate surface area is 127 Å². The average molecular weight is 305 g/mol. The van der Waals surface area contributed by atoms with Gasteiger partial charge in [-0.2, -0.15) is 0 Å². The predicted molar refractivity (Wildman–Crippen MR) is 81.8 cm³/mol. The number of aryl methyl sites for hydroxylation is 1. The fourth-order valence-corrected chi connectivity index (χ4v) is 2.19. The normalized spacial score (nSPS) is 11.4. The Morgan fingerprint density at radius 2 is 1.90 bits per heavy atom. The third-order valence-electron chi connectivity index (χ3n) is 3.09. The molecule has 4 heteroatoms. The highest BCUT2D eigenvalue weighted by Crippen LogP contribution is 2.22. The molecular formula is C17H14ClFO2. The summed E-state index contributed by atoms with van der Waals surface area (Å²) in [6.45, 7) is 0. The van der Waals surface area contributed by atoms with E-state index in [9.17, 15) is 9.18 Å². The summed E-state index contributed by atoms with van der Waals surface area (Å²) < 4.78 is 13.3. The van der Waals surface area contributed by atoms with Crippen LogP contribution in [0.15, 0.2) is 54.6 Å². The number of carboxylic acids is 1. The van der Waals surface area contributed by atoms with Crippen molar-refractivity contribution in [1.29, 1.82) is 0 Å². The zero-order valence-electron chi connectivity index (χ0n) is 11.2. The number of halogens is 2. The smallest absolute Gasteiger partial charge is 0.328 e. The van der Waals surface area contributed by atoms with Gasteiger partial charge in [-0.05, 0) is 53.8 Å². The molecule has 0 unspecified atom stereocenters. The Balaban J connectivity index is 2.18. The minimum absolute atomic E-state index is 0.379. The molecule has 0 atom stereocenters. The van der Waals surface area contributed by atoms with Gasteiger partial charge in [0.15, 0.2) is 0 Å². The molecule has 0 heterocycles. The van der Waals surface area contributed by atoms with Crippen LogP contribution in [0.5, 0.6) is 0 Å². The molecule has 0 radical (unpaired) electrons. The van der Waals surface area contributed by atoms with E-state index >= 15 is 0 Å². The van der Waals surface area contributed by atoms with Gasteiger partial charge in [0, 0.05) is 11.1 Å². The number of carbonyl (C=O) groups is 1. The maximum absolute atomic E-state index is 13.3. The van der Waals surface area contributed by atoms with E-state index in [4.69, 9.17) is 16.7 Å². The average Bonchev–Trinajstić information content (AvgIpc) is 2.45. The first kappa shape index (κ1) is 15.3. The third kappa shape index (κ3) is 4.72. The second-order valence-corrected chi connectivity index (χ2v) is 5.08. The summed E-state index contributed by atoms with van der Waals surface area (Å²) >= 11 is 5.83. The van der Waals surface area contributed by atoms with Gasteiger partial charge in [-0.3, -0.25) is 0 Å². The Morgan fingerprint density at radius 1 is 1.19 bits per heavy atom. The summed E-state index contributed by atoms with van der Waals surface area (Å²) in [5.41, 5.74) is 2.23. The molecule has 108 valence electrons. The van der Waals surface area contributed by atoms with Crippen LogP contribution in [-0.4, -0.2) is 11.1 Å². The molecule has 0 spiro atoms. The zero-order valence-corrected chi connectivity index (χ0v) is 12.0. The maximum Gasteiger partial charge on any atom is 0.328 e. The number of rotatable bonds is 5. The quantitative estimate of drug-likeness (QED) is 0.821. The summed E-state index contributed by atoms with van der Waals surface area (Å²) in [5, 5.41) is 9.62. The van der Waals surface area contributed by atoms with Crippen LogP contribution in [0, 0.1) is 5.82 Å². The SMILES string of the molecule is O=C(O)/C=C(/CCc1ccc(Cl)cc1)c1cccc(F)c1. The first-order chi connectivity index (χ1) is 10.0. The van der Waals surface area contributed by atoms with Crippen LogP contribution < -0.4 is 0 Å². The van der Waals surface area contributed by atoms with Gasteiger partial charge in [0.1, 0.15) is 5.82 Å². The first-order valence-electron chi connectivity index (χ1n) is 6.48. The van der Waals surface area contributed by atoms with Crippen LogP contribution in [0.3, 0.4) is 0 Å². The van der Waals surface area contributed by atoms with Crippen molar-refractivity contribution in [1.82, 2.24) is 0 Å². The molecule has 21 heavy (non-hydrogen) atoms. The van der Waals surface area contributed by atoms with E-state index in [1.165, 1.54) is 12.1 Å². The van der Waals surface area contributed by atoms with E-state index in [1.807, 2.05) is 12.1 Å². The minimum atomic E-state index is -1.04. The molecule has 0 fully saturated rings. The Hall–Kier alpha value is -2.13. The molecule has 0 aliphatic carbocycles. The standard InChI is InChI=1S/C17H14ClFO2/c18-15-8-5-12(6-9-15)4-7-14(11-17(20)21)13-2-1-3-16(19)10-13/h1-3,5-6,8-11H,4,7H2,(H,20,21)/b14-11-. The van der Waals surface area contributed by atoms with Crippen molar-refractivity contribution < 1.29 is 14.3 Å². The molecule has 2 nitrogen and oxygen atoms in total. The van der Waals surface area contributed by atoms with Crippen molar-refractivity contribution in [3.05, 3.63) is 76.6 Å². The molecular weight excluding hydrogens is 291 g/mol. The van der Waals surface area contributed by atoms with Crippen molar-refractivity contribution in [2.45, 2.75) is 12.8 Å². The predicted octanol–water partition coefficient (Wildman–Crippen LogP) is 4.58. The van der Waals surface area contributed by atoms with E-state index < -0.39 is 5.97 Å². The number of aliphatic carboxylic acids is 1. The van der Waals surface area contributed by atoms with Crippen molar-refractivity contribution >= 4 is 23.1 Å². The van der Waals surface area contributed by atoms with Crippen molar-refractivity contribution in [3.63, 3.8) is 0 Å². The molecule has 0 saturated carbocycles. The van der Waals surface area contributed by atoms with Crippen molar-refractivity contribution in [2.75, 3.05) is 0 Å². The lowest BCUT2D eigenvalue weighted by molar-refractivity contribution is -0.131. The molecule has 2 aromatic carbocycles. The lowest BCUT2D eigenvalue weighted by atomic mass is 9.98. The number of hydrogen-bond acceptors (Lipinski definition) is 1. The molecule has 0 aliphatic heterocycles. The van der Waals surface area contributed by atoms with Crippen LogP contribution in [0.2, 0.25) is 5.02 Å². The van der Waals surface area contributed by atoms with Crippen molar-refractivity contribution in [3.8, 4) is 0 Å². The topological polar surface area (TPSA) is 37.3 Å². The van der Waals surface area contributed by atoms with E-state index in [1.54, 1.807) is 24.3 Å². The molecule has 0 bridgehead atoms. The van der Waals surface area contributed by atoms with Crippen LogP contribution in [0.25, 0.3) is 5.57 Å².